The molecule has 42 heavy (non-hydrogen) atoms. The molecule has 0 saturated carbocycles. The standard InChI is InChI=1S/C30H54O12/c1-29-3-5-30(6-4-29)42-28-27-41-26-25-40-24-23-39-22-21-38-20-19-37-18-17-36-16-15-35-14-13-34-12-11-33-10-9-32-8-7-31-2/h3-6H,7-28H2,1-2H3. The fraction of sp³-hybridized carbons (Fsp3) is 0.800. The molecule has 0 spiro atoms. The Bertz CT molecular complexity index is 650. The Morgan fingerprint density at radius 3 is 0.833 bits per heavy atom. The van der Waals surface area contributed by atoms with Crippen LogP contribution in [-0.4, -0.2) is 152 Å². The van der Waals surface area contributed by atoms with Gasteiger partial charge in [0.2, 0.25) is 0 Å². The molecule has 1 rings (SSSR count). The van der Waals surface area contributed by atoms with Crippen molar-refractivity contribution in [3.63, 3.8) is 0 Å². The molecule has 0 bridgehead atoms. The molecule has 0 fully saturated rings. The number of hydrogen-bond acceptors (Lipinski definition) is 12. The van der Waals surface area contributed by atoms with E-state index in [9.17, 15) is 0 Å². The zero-order valence-corrected chi connectivity index (χ0v) is 25.8. The minimum Gasteiger partial charge on any atom is -0.491 e. The maximum atomic E-state index is 5.60. The van der Waals surface area contributed by atoms with Gasteiger partial charge in [0.15, 0.2) is 0 Å². The van der Waals surface area contributed by atoms with Gasteiger partial charge in [-0.1, -0.05) is 17.7 Å². The topological polar surface area (TPSA) is 111 Å². The van der Waals surface area contributed by atoms with Crippen molar-refractivity contribution in [2.75, 3.05) is 152 Å². The van der Waals surface area contributed by atoms with E-state index in [1.807, 2.05) is 31.2 Å². The average molecular weight is 607 g/mol. The van der Waals surface area contributed by atoms with Crippen LogP contribution in [0.25, 0.3) is 0 Å². The second-order valence-corrected chi connectivity index (χ2v) is 8.78. The molecule has 0 aliphatic heterocycles. The van der Waals surface area contributed by atoms with E-state index in [-0.39, 0.29) is 0 Å². The Hall–Kier alpha value is -1.42. The lowest BCUT2D eigenvalue weighted by atomic mass is 10.2. The van der Waals surface area contributed by atoms with Gasteiger partial charge in [0.25, 0.3) is 0 Å². The number of benzene rings is 1. The molecule has 246 valence electrons. The highest BCUT2D eigenvalue weighted by Crippen LogP contribution is 2.10. The minimum absolute atomic E-state index is 0.515. The van der Waals surface area contributed by atoms with Crippen molar-refractivity contribution in [3.8, 4) is 5.75 Å². The summed E-state index contributed by atoms with van der Waals surface area (Å²) in [5, 5.41) is 0. The number of ether oxygens (including phenoxy) is 12. The van der Waals surface area contributed by atoms with Crippen LogP contribution in [0.1, 0.15) is 5.56 Å². The van der Waals surface area contributed by atoms with Crippen molar-refractivity contribution in [1.29, 1.82) is 0 Å². The van der Waals surface area contributed by atoms with Crippen LogP contribution in [-0.2, 0) is 52.1 Å². The Balaban J connectivity index is 1.63. The van der Waals surface area contributed by atoms with Crippen LogP contribution in [0, 0.1) is 6.92 Å². The Labute approximate surface area is 252 Å². The third-order valence-corrected chi connectivity index (χ3v) is 5.30. The molecule has 0 radical (unpaired) electrons. The average Bonchev–Trinajstić information content (AvgIpc) is 3.00. The van der Waals surface area contributed by atoms with Crippen molar-refractivity contribution < 1.29 is 56.8 Å². The molecule has 0 aliphatic carbocycles. The molecule has 0 aromatic heterocycles. The summed E-state index contributed by atoms with van der Waals surface area (Å²) in [4.78, 5) is 0. The predicted octanol–water partition coefficient (Wildman–Crippen LogP) is 2.19. The lowest BCUT2D eigenvalue weighted by molar-refractivity contribution is -0.0273. The maximum Gasteiger partial charge on any atom is 0.119 e. The minimum atomic E-state index is 0.515. The molecular formula is C30H54O12. The quantitative estimate of drug-likeness (QED) is 0.107. The van der Waals surface area contributed by atoms with Crippen LogP contribution in [0.2, 0.25) is 0 Å². The monoisotopic (exact) mass is 606 g/mol. The summed E-state index contributed by atoms with van der Waals surface area (Å²) in [7, 11) is 1.65. The number of aryl methyl sites for hydroxylation is 1. The normalized spacial score (nSPS) is 11.4. The first-order chi connectivity index (χ1) is 20.8. The SMILES string of the molecule is COCCOCCOCCOCCOCCOCCOCCOCCOCCOCCOCCOc1ccc(C)cc1. The molecule has 12 nitrogen and oxygen atoms in total. The summed E-state index contributed by atoms with van der Waals surface area (Å²) < 4.78 is 64.9. The van der Waals surface area contributed by atoms with Crippen molar-refractivity contribution in [2.45, 2.75) is 6.92 Å². The Kier molecular flexibility index (Phi) is 29.9. The molecule has 1 aromatic rings. The van der Waals surface area contributed by atoms with E-state index in [1.165, 1.54) is 5.56 Å². The maximum absolute atomic E-state index is 5.60. The third kappa shape index (κ3) is 28.7. The van der Waals surface area contributed by atoms with Crippen LogP contribution >= 0.6 is 0 Å². The van der Waals surface area contributed by atoms with Crippen LogP contribution < -0.4 is 4.74 Å². The van der Waals surface area contributed by atoms with Gasteiger partial charge < -0.3 is 56.8 Å². The molecule has 12 heteroatoms. The van der Waals surface area contributed by atoms with E-state index in [0.717, 1.165) is 5.75 Å². The van der Waals surface area contributed by atoms with Gasteiger partial charge in [0, 0.05) is 7.11 Å². The number of rotatable bonds is 34. The molecular weight excluding hydrogens is 552 g/mol. The van der Waals surface area contributed by atoms with Crippen molar-refractivity contribution in [1.82, 2.24) is 0 Å². The summed E-state index contributed by atoms with van der Waals surface area (Å²) >= 11 is 0. The first-order valence-corrected chi connectivity index (χ1v) is 14.8. The van der Waals surface area contributed by atoms with Gasteiger partial charge in [-0.15, -0.1) is 0 Å². The largest absolute Gasteiger partial charge is 0.491 e. The lowest BCUT2D eigenvalue weighted by Crippen LogP contribution is -2.15. The molecule has 0 unspecified atom stereocenters. The molecule has 0 heterocycles. The smallest absolute Gasteiger partial charge is 0.119 e. The fourth-order valence-electron chi connectivity index (χ4n) is 3.08. The first kappa shape index (κ1) is 38.6. The highest BCUT2D eigenvalue weighted by Gasteiger charge is 1.97. The van der Waals surface area contributed by atoms with Crippen LogP contribution in [0.3, 0.4) is 0 Å². The predicted molar refractivity (Wildman–Crippen MR) is 157 cm³/mol. The first-order valence-electron chi connectivity index (χ1n) is 14.8. The Morgan fingerprint density at radius 2 is 0.571 bits per heavy atom. The summed E-state index contributed by atoms with van der Waals surface area (Å²) in [6.07, 6.45) is 0. The number of hydrogen-bond donors (Lipinski definition) is 0. The van der Waals surface area contributed by atoms with Gasteiger partial charge >= 0.3 is 0 Å². The molecule has 0 N–H and O–H groups in total. The molecule has 0 amide bonds. The zero-order chi connectivity index (χ0) is 30.0. The van der Waals surface area contributed by atoms with E-state index in [2.05, 4.69) is 0 Å². The fourth-order valence-corrected chi connectivity index (χ4v) is 3.08. The Morgan fingerprint density at radius 1 is 0.333 bits per heavy atom. The highest BCUT2D eigenvalue weighted by atomic mass is 16.6. The highest BCUT2D eigenvalue weighted by molar-refractivity contribution is 5.26. The second-order valence-electron chi connectivity index (χ2n) is 8.78. The van der Waals surface area contributed by atoms with E-state index in [0.29, 0.717) is 145 Å². The van der Waals surface area contributed by atoms with E-state index in [4.69, 9.17) is 56.8 Å². The van der Waals surface area contributed by atoms with Crippen LogP contribution in [0.15, 0.2) is 24.3 Å². The van der Waals surface area contributed by atoms with Gasteiger partial charge in [-0.2, -0.15) is 0 Å². The summed E-state index contributed by atoms with van der Waals surface area (Å²) in [5.74, 6) is 0.853. The molecule has 0 aliphatic rings. The molecule has 0 saturated heterocycles. The summed E-state index contributed by atoms with van der Waals surface area (Å²) in [5.41, 5.74) is 1.21. The van der Waals surface area contributed by atoms with Gasteiger partial charge in [-0.05, 0) is 19.1 Å². The van der Waals surface area contributed by atoms with Gasteiger partial charge in [-0.25, -0.2) is 0 Å². The van der Waals surface area contributed by atoms with Crippen LogP contribution in [0.5, 0.6) is 5.75 Å². The van der Waals surface area contributed by atoms with Gasteiger partial charge in [0.1, 0.15) is 12.4 Å². The van der Waals surface area contributed by atoms with Gasteiger partial charge in [-0.3, -0.25) is 0 Å². The lowest BCUT2D eigenvalue weighted by Gasteiger charge is -2.09. The summed E-state index contributed by atoms with van der Waals surface area (Å²) in [6.45, 7) is 13.7. The number of methoxy groups -OCH3 is 1. The summed E-state index contributed by atoms with van der Waals surface area (Å²) in [6, 6.07) is 7.96. The van der Waals surface area contributed by atoms with E-state index in [1.54, 1.807) is 7.11 Å². The third-order valence-electron chi connectivity index (χ3n) is 5.30. The second kappa shape index (κ2) is 32.5. The molecule has 0 atom stereocenters. The van der Waals surface area contributed by atoms with E-state index >= 15 is 0 Å². The van der Waals surface area contributed by atoms with E-state index < -0.39 is 0 Å². The van der Waals surface area contributed by atoms with Crippen molar-refractivity contribution in [2.24, 2.45) is 0 Å². The van der Waals surface area contributed by atoms with Crippen LogP contribution in [0.4, 0.5) is 0 Å². The van der Waals surface area contributed by atoms with Crippen molar-refractivity contribution >= 4 is 0 Å². The van der Waals surface area contributed by atoms with Crippen molar-refractivity contribution in [3.05, 3.63) is 29.8 Å². The zero-order valence-electron chi connectivity index (χ0n) is 25.8. The van der Waals surface area contributed by atoms with Gasteiger partial charge in [0.05, 0.1) is 139 Å². The molecule has 1 aromatic carbocycles.